The van der Waals surface area contributed by atoms with Crippen molar-refractivity contribution in [3.63, 3.8) is 0 Å². The summed E-state index contributed by atoms with van der Waals surface area (Å²) in [6.45, 7) is 5.38. The minimum atomic E-state index is 0.105. The fourth-order valence-corrected chi connectivity index (χ4v) is 4.41. The van der Waals surface area contributed by atoms with Crippen LogP contribution in [0.2, 0.25) is 5.02 Å². The lowest BCUT2D eigenvalue weighted by Gasteiger charge is -2.35. The number of carbonyl (C=O) groups excluding carboxylic acids is 1. The predicted molar refractivity (Wildman–Crippen MR) is 115 cm³/mol. The van der Waals surface area contributed by atoms with Crippen LogP contribution in [-0.2, 0) is 17.8 Å². The van der Waals surface area contributed by atoms with E-state index in [1.54, 1.807) is 0 Å². The van der Waals surface area contributed by atoms with E-state index in [2.05, 4.69) is 11.0 Å². The van der Waals surface area contributed by atoms with Gasteiger partial charge in [0, 0.05) is 39.1 Å². The van der Waals surface area contributed by atoms with E-state index in [0.717, 1.165) is 43.1 Å². The van der Waals surface area contributed by atoms with Crippen LogP contribution in [0.4, 0.5) is 0 Å². The molecular weight excluding hydrogens is 420 g/mol. The minimum Gasteiger partial charge on any atom is -0.489 e. The molecule has 164 valence electrons. The van der Waals surface area contributed by atoms with Crippen molar-refractivity contribution in [2.45, 2.75) is 19.4 Å². The number of amides is 1. The number of halogens is 1. The van der Waals surface area contributed by atoms with Crippen LogP contribution < -0.4 is 18.9 Å². The molecule has 0 atom stereocenters. The predicted octanol–water partition coefficient (Wildman–Crippen LogP) is 3.12. The number of benzene rings is 2. The molecule has 3 heterocycles. The van der Waals surface area contributed by atoms with Crippen LogP contribution in [0.15, 0.2) is 30.3 Å². The zero-order chi connectivity index (χ0) is 21.2. The first-order chi connectivity index (χ1) is 15.2. The summed E-state index contributed by atoms with van der Waals surface area (Å²) >= 11 is 6.37. The molecule has 0 unspecified atom stereocenters. The Balaban J connectivity index is 1.16. The fraction of sp³-hybridized carbons (Fsp3) is 0.435. The van der Waals surface area contributed by atoms with Gasteiger partial charge in [0.2, 0.25) is 12.7 Å². The summed E-state index contributed by atoms with van der Waals surface area (Å²) in [6, 6.07) is 9.74. The van der Waals surface area contributed by atoms with Gasteiger partial charge in [-0.15, -0.1) is 0 Å². The zero-order valence-electron chi connectivity index (χ0n) is 17.3. The molecule has 0 aromatic heterocycles. The van der Waals surface area contributed by atoms with Crippen molar-refractivity contribution in [1.29, 1.82) is 0 Å². The minimum absolute atomic E-state index is 0.105. The number of hydrogen-bond acceptors (Lipinski definition) is 6. The molecule has 0 bridgehead atoms. The van der Waals surface area contributed by atoms with E-state index in [-0.39, 0.29) is 12.7 Å². The van der Waals surface area contributed by atoms with Crippen LogP contribution in [0.1, 0.15) is 17.5 Å². The van der Waals surface area contributed by atoms with Gasteiger partial charge in [-0.1, -0.05) is 17.7 Å². The lowest BCUT2D eigenvalue weighted by molar-refractivity contribution is -0.132. The number of piperazine rings is 1. The van der Waals surface area contributed by atoms with Gasteiger partial charge in [-0.05, 0) is 35.4 Å². The molecule has 0 radical (unpaired) electrons. The van der Waals surface area contributed by atoms with Crippen molar-refractivity contribution < 1.29 is 23.7 Å². The first-order valence-corrected chi connectivity index (χ1v) is 11.0. The Morgan fingerprint density at radius 3 is 2.52 bits per heavy atom. The van der Waals surface area contributed by atoms with Gasteiger partial charge in [-0.3, -0.25) is 9.69 Å². The van der Waals surface area contributed by atoms with Crippen molar-refractivity contribution in [2.75, 3.05) is 46.2 Å². The van der Waals surface area contributed by atoms with E-state index in [1.165, 1.54) is 5.56 Å². The molecule has 0 saturated carbocycles. The van der Waals surface area contributed by atoms with Crippen molar-refractivity contribution in [1.82, 2.24) is 9.80 Å². The van der Waals surface area contributed by atoms with Crippen LogP contribution in [0.25, 0.3) is 0 Å². The van der Waals surface area contributed by atoms with Crippen molar-refractivity contribution in [3.8, 4) is 23.0 Å². The smallest absolute Gasteiger partial charge is 0.231 e. The highest BCUT2D eigenvalue weighted by Gasteiger charge is 2.23. The number of carbonyl (C=O) groups is 1. The summed E-state index contributed by atoms with van der Waals surface area (Å²) in [7, 11) is 0. The van der Waals surface area contributed by atoms with Crippen LogP contribution in [0, 0.1) is 0 Å². The van der Waals surface area contributed by atoms with E-state index in [0.29, 0.717) is 49.2 Å². The van der Waals surface area contributed by atoms with Crippen molar-refractivity contribution in [2.24, 2.45) is 0 Å². The van der Waals surface area contributed by atoms with Crippen LogP contribution >= 0.6 is 11.6 Å². The SMILES string of the molecule is O=C(Cc1cc(Cl)c2c(c1)OCCCO2)N1CCN(Cc2ccc3c(c2)OCO3)CC1. The third kappa shape index (κ3) is 4.52. The standard InChI is InChI=1S/C23H25ClN2O5/c24-18-10-17(12-21-23(18)29-9-1-8-28-21)13-22(27)26-6-4-25(5-7-26)14-16-2-3-19-20(11-16)31-15-30-19/h2-3,10-12H,1,4-9,13-15H2. The van der Waals surface area contributed by atoms with Crippen LogP contribution in [-0.4, -0.2) is 61.9 Å². The molecule has 5 rings (SSSR count). The molecule has 1 amide bonds. The van der Waals surface area contributed by atoms with E-state index in [9.17, 15) is 4.79 Å². The molecule has 1 fully saturated rings. The van der Waals surface area contributed by atoms with Gasteiger partial charge < -0.3 is 23.8 Å². The van der Waals surface area contributed by atoms with Crippen molar-refractivity contribution >= 4 is 17.5 Å². The molecule has 0 N–H and O–H groups in total. The lowest BCUT2D eigenvalue weighted by atomic mass is 10.1. The molecule has 3 aliphatic rings. The summed E-state index contributed by atoms with van der Waals surface area (Å²) in [5.74, 6) is 2.91. The second kappa shape index (κ2) is 8.85. The highest BCUT2D eigenvalue weighted by molar-refractivity contribution is 6.32. The third-order valence-corrected chi connectivity index (χ3v) is 6.07. The second-order valence-corrected chi connectivity index (χ2v) is 8.38. The van der Waals surface area contributed by atoms with Crippen LogP contribution in [0.3, 0.4) is 0 Å². The maximum Gasteiger partial charge on any atom is 0.231 e. The number of nitrogens with zero attached hydrogens (tertiary/aromatic N) is 2. The third-order valence-electron chi connectivity index (χ3n) is 5.79. The lowest BCUT2D eigenvalue weighted by Crippen LogP contribution is -2.48. The van der Waals surface area contributed by atoms with E-state index < -0.39 is 0 Å². The highest BCUT2D eigenvalue weighted by Crippen LogP contribution is 2.38. The maximum absolute atomic E-state index is 12.9. The van der Waals surface area contributed by atoms with Crippen LogP contribution in [0.5, 0.6) is 23.0 Å². The Labute approximate surface area is 186 Å². The average Bonchev–Trinajstić information content (AvgIpc) is 3.10. The van der Waals surface area contributed by atoms with E-state index in [4.69, 9.17) is 30.5 Å². The summed E-state index contributed by atoms with van der Waals surface area (Å²) in [6.07, 6.45) is 1.12. The van der Waals surface area contributed by atoms with Crippen molar-refractivity contribution in [3.05, 3.63) is 46.5 Å². The number of ether oxygens (including phenoxy) is 4. The molecule has 0 spiro atoms. The van der Waals surface area contributed by atoms with Gasteiger partial charge in [0.15, 0.2) is 23.0 Å². The zero-order valence-corrected chi connectivity index (χ0v) is 18.0. The summed E-state index contributed by atoms with van der Waals surface area (Å²) in [5, 5.41) is 0.496. The number of fused-ring (bicyclic) bond motifs is 2. The Bertz CT molecular complexity index is 975. The molecule has 2 aromatic rings. The quantitative estimate of drug-likeness (QED) is 0.722. The molecule has 3 aliphatic heterocycles. The molecule has 1 saturated heterocycles. The van der Waals surface area contributed by atoms with E-state index >= 15 is 0 Å². The average molecular weight is 445 g/mol. The summed E-state index contributed by atoms with van der Waals surface area (Å²) in [4.78, 5) is 17.1. The fourth-order valence-electron chi connectivity index (χ4n) is 4.13. The highest BCUT2D eigenvalue weighted by atomic mass is 35.5. The second-order valence-electron chi connectivity index (χ2n) is 7.98. The summed E-state index contributed by atoms with van der Waals surface area (Å²) < 4.78 is 22.2. The Morgan fingerprint density at radius 1 is 0.871 bits per heavy atom. The monoisotopic (exact) mass is 444 g/mol. The van der Waals surface area contributed by atoms with Gasteiger partial charge in [-0.25, -0.2) is 0 Å². The molecule has 7 nitrogen and oxygen atoms in total. The van der Waals surface area contributed by atoms with Gasteiger partial charge in [0.05, 0.1) is 24.7 Å². The van der Waals surface area contributed by atoms with Gasteiger partial charge in [0.25, 0.3) is 0 Å². The first kappa shape index (κ1) is 20.3. The van der Waals surface area contributed by atoms with Gasteiger partial charge >= 0.3 is 0 Å². The molecule has 8 heteroatoms. The first-order valence-electron chi connectivity index (χ1n) is 10.6. The Kier molecular flexibility index (Phi) is 5.78. The number of hydrogen-bond donors (Lipinski definition) is 0. The maximum atomic E-state index is 12.9. The molecule has 0 aliphatic carbocycles. The number of rotatable bonds is 4. The topological polar surface area (TPSA) is 60.5 Å². The van der Waals surface area contributed by atoms with Gasteiger partial charge in [-0.2, -0.15) is 0 Å². The van der Waals surface area contributed by atoms with Gasteiger partial charge in [0.1, 0.15) is 0 Å². The largest absolute Gasteiger partial charge is 0.489 e. The van der Waals surface area contributed by atoms with E-state index in [1.807, 2.05) is 29.2 Å². The summed E-state index contributed by atoms with van der Waals surface area (Å²) in [5.41, 5.74) is 2.04. The normalized spacial score (nSPS) is 18.0. The molecule has 2 aromatic carbocycles. The Hall–Kier alpha value is -2.64. The Morgan fingerprint density at radius 2 is 1.65 bits per heavy atom. The molecular formula is C23H25ClN2O5. The molecule has 31 heavy (non-hydrogen) atoms.